The molecule has 1 N–H and O–H groups in total. The van der Waals surface area contributed by atoms with Gasteiger partial charge in [0.1, 0.15) is 5.70 Å². The highest BCUT2D eigenvalue weighted by atomic mass is 79.9. The second-order valence-corrected chi connectivity index (χ2v) is 5.67. The van der Waals surface area contributed by atoms with Crippen LogP contribution in [0.2, 0.25) is 0 Å². The van der Waals surface area contributed by atoms with E-state index in [1.54, 1.807) is 13.0 Å². The number of carbonyl (C=O) groups is 2. The summed E-state index contributed by atoms with van der Waals surface area (Å²) in [5, 5.41) is 2.55. The van der Waals surface area contributed by atoms with Crippen molar-refractivity contribution in [3.05, 3.63) is 26.5 Å². The average Bonchev–Trinajstić information content (AvgIpc) is 2.74. The summed E-state index contributed by atoms with van der Waals surface area (Å²) >= 11 is 4.85. The fourth-order valence-corrected chi connectivity index (χ4v) is 2.77. The van der Waals surface area contributed by atoms with Gasteiger partial charge in [-0.2, -0.15) is 0 Å². The minimum Gasteiger partial charge on any atom is -0.303 e. The van der Waals surface area contributed by atoms with E-state index >= 15 is 0 Å². The number of rotatable bonds is 2. The molecule has 3 amide bonds. The third-order valence-electron chi connectivity index (χ3n) is 2.16. The van der Waals surface area contributed by atoms with Crippen LogP contribution in [-0.4, -0.2) is 23.4 Å². The molecule has 1 aliphatic rings. The fourth-order valence-electron chi connectivity index (χ4n) is 1.41. The van der Waals surface area contributed by atoms with Crippen LogP contribution < -0.4 is 5.32 Å². The molecule has 0 atom stereocenters. The largest absolute Gasteiger partial charge is 0.328 e. The van der Waals surface area contributed by atoms with Crippen LogP contribution in [0, 0.1) is 0 Å². The van der Waals surface area contributed by atoms with Gasteiger partial charge in [0.25, 0.3) is 5.91 Å². The molecule has 1 saturated heterocycles. The van der Waals surface area contributed by atoms with E-state index in [1.165, 1.54) is 16.2 Å². The van der Waals surface area contributed by atoms with Crippen molar-refractivity contribution in [2.24, 2.45) is 0 Å². The lowest BCUT2D eigenvalue weighted by molar-refractivity contribution is -0.122. The van der Waals surface area contributed by atoms with E-state index in [0.29, 0.717) is 12.2 Å². The van der Waals surface area contributed by atoms with Crippen molar-refractivity contribution in [3.63, 3.8) is 0 Å². The van der Waals surface area contributed by atoms with Gasteiger partial charge in [0.05, 0.1) is 3.79 Å². The van der Waals surface area contributed by atoms with Gasteiger partial charge < -0.3 is 5.32 Å². The Hall–Kier alpha value is -1.14. The molecule has 0 bridgehead atoms. The molecule has 1 fully saturated rings. The van der Waals surface area contributed by atoms with E-state index in [0.717, 1.165) is 8.66 Å². The molecule has 1 aromatic rings. The Balaban J connectivity index is 2.27. The maximum absolute atomic E-state index is 11.7. The number of urea groups is 1. The monoisotopic (exact) mass is 300 g/mol. The summed E-state index contributed by atoms with van der Waals surface area (Å²) in [5.41, 5.74) is 0.334. The second-order valence-electron chi connectivity index (χ2n) is 3.18. The number of nitrogens with zero attached hydrogens (tertiary/aromatic N) is 1. The number of imide groups is 1. The molecular formula is C10H9BrN2O2S. The molecule has 0 aromatic carbocycles. The smallest absolute Gasteiger partial charge is 0.303 e. The molecule has 2 rings (SSSR count). The Bertz CT molecular complexity index is 481. The Morgan fingerprint density at radius 3 is 2.75 bits per heavy atom. The maximum atomic E-state index is 11.7. The first-order valence-electron chi connectivity index (χ1n) is 4.71. The van der Waals surface area contributed by atoms with Gasteiger partial charge in [0.2, 0.25) is 0 Å². The zero-order chi connectivity index (χ0) is 11.7. The molecular weight excluding hydrogens is 292 g/mol. The van der Waals surface area contributed by atoms with Gasteiger partial charge >= 0.3 is 6.03 Å². The summed E-state index contributed by atoms with van der Waals surface area (Å²) in [7, 11) is 0. The topological polar surface area (TPSA) is 49.4 Å². The van der Waals surface area contributed by atoms with Crippen molar-refractivity contribution in [1.82, 2.24) is 10.2 Å². The first-order chi connectivity index (χ1) is 7.61. The lowest BCUT2D eigenvalue weighted by Gasteiger charge is -2.05. The number of halogens is 1. The Morgan fingerprint density at radius 2 is 2.25 bits per heavy atom. The number of carbonyl (C=O) groups excluding carboxylic acids is 2. The molecule has 0 unspecified atom stereocenters. The maximum Gasteiger partial charge on any atom is 0.328 e. The number of likely N-dealkylation sites (N-methyl/N-ethyl adjacent to an activating group) is 1. The molecule has 1 aliphatic heterocycles. The first-order valence-corrected chi connectivity index (χ1v) is 6.32. The minimum absolute atomic E-state index is 0.267. The van der Waals surface area contributed by atoms with E-state index in [1.807, 2.05) is 12.1 Å². The van der Waals surface area contributed by atoms with E-state index < -0.39 is 0 Å². The first kappa shape index (κ1) is 11.3. The SMILES string of the molecule is CCN1C(=O)N/C(=C/c2ccc(Br)s2)C1=O. The second kappa shape index (κ2) is 4.39. The zero-order valence-corrected chi connectivity index (χ0v) is 10.9. The van der Waals surface area contributed by atoms with Gasteiger partial charge in [-0.3, -0.25) is 9.69 Å². The number of hydrogen-bond acceptors (Lipinski definition) is 3. The van der Waals surface area contributed by atoms with Crippen LogP contribution in [0.4, 0.5) is 4.79 Å². The molecule has 4 nitrogen and oxygen atoms in total. The Morgan fingerprint density at radius 1 is 1.50 bits per heavy atom. The van der Waals surface area contributed by atoms with Crippen molar-refractivity contribution in [2.45, 2.75) is 6.92 Å². The lowest BCUT2D eigenvalue weighted by atomic mass is 10.3. The summed E-state index contributed by atoms with van der Waals surface area (Å²) < 4.78 is 0.989. The third kappa shape index (κ3) is 2.03. The molecule has 6 heteroatoms. The number of hydrogen-bond donors (Lipinski definition) is 1. The van der Waals surface area contributed by atoms with E-state index in [4.69, 9.17) is 0 Å². The van der Waals surface area contributed by atoms with Crippen LogP contribution in [0.3, 0.4) is 0 Å². The molecule has 1 aromatic heterocycles. The molecule has 0 spiro atoms. The van der Waals surface area contributed by atoms with Crippen molar-refractivity contribution in [2.75, 3.05) is 6.54 Å². The summed E-state index contributed by atoms with van der Waals surface area (Å²) in [4.78, 5) is 25.2. The van der Waals surface area contributed by atoms with Gasteiger partial charge in [0.15, 0.2) is 0 Å². The predicted octanol–water partition coefficient (Wildman–Crippen LogP) is 2.42. The normalized spacial score (nSPS) is 18.4. The molecule has 0 saturated carbocycles. The van der Waals surface area contributed by atoms with Crippen LogP contribution in [0.1, 0.15) is 11.8 Å². The standard InChI is InChI=1S/C10H9BrN2O2S/c1-2-13-9(14)7(12-10(13)15)5-6-3-4-8(11)16-6/h3-5H,2H2,1H3,(H,12,15)/b7-5+. The zero-order valence-electron chi connectivity index (χ0n) is 8.49. The minimum atomic E-state index is -0.352. The van der Waals surface area contributed by atoms with Gasteiger partial charge in [-0.15, -0.1) is 11.3 Å². The van der Waals surface area contributed by atoms with Gasteiger partial charge in [-0.05, 0) is 41.1 Å². The van der Waals surface area contributed by atoms with E-state index in [2.05, 4.69) is 21.2 Å². The Kier molecular flexibility index (Phi) is 3.11. The number of nitrogens with one attached hydrogen (secondary N) is 1. The quantitative estimate of drug-likeness (QED) is 0.673. The number of amides is 3. The average molecular weight is 301 g/mol. The van der Waals surface area contributed by atoms with Gasteiger partial charge in [-0.1, -0.05) is 0 Å². The van der Waals surface area contributed by atoms with Crippen LogP contribution in [-0.2, 0) is 4.79 Å². The Labute approximate surface area is 105 Å². The van der Waals surface area contributed by atoms with Crippen LogP contribution in [0.5, 0.6) is 0 Å². The van der Waals surface area contributed by atoms with Gasteiger partial charge in [-0.25, -0.2) is 4.79 Å². The van der Waals surface area contributed by atoms with E-state index in [9.17, 15) is 9.59 Å². The summed E-state index contributed by atoms with van der Waals surface area (Å²) in [6.45, 7) is 2.15. The fraction of sp³-hybridized carbons (Fsp3) is 0.200. The van der Waals surface area contributed by atoms with E-state index in [-0.39, 0.29) is 11.9 Å². The van der Waals surface area contributed by atoms with Crippen LogP contribution in [0.15, 0.2) is 21.6 Å². The third-order valence-corrected chi connectivity index (χ3v) is 3.73. The summed E-state index contributed by atoms with van der Waals surface area (Å²) in [6, 6.07) is 3.43. The van der Waals surface area contributed by atoms with Crippen molar-refractivity contribution < 1.29 is 9.59 Å². The summed E-state index contributed by atoms with van der Waals surface area (Å²) in [6.07, 6.45) is 1.69. The van der Waals surface area contributed by atoms with Crippen molar-refractivity contribution >= 4 is 45.3 Å². The van der Waals surface area contributed by atoms with Crippen LogP contribution >= 0.6 is 27.3 Å². The van der Waals surface area contributed by atoms with Crippen molar-refractivity contribution in [3.8, 4) is 0 Å². The number of thiophene rings is 1. The predicted molar refractivity (Wildman–Crippen MR) is 65.9 cm³/mol. The van der Waals surface area contributed by atoms with Gasteiger partial charge in [0, 0.05) is 11.4 Å². The highest BCUT2D eigenvalue weighted by Crippen LogP contribution is 2.24. The molecule has 0 radical (unpaired) electrons. The lowest BCUT2D eigenvalue weighted by Crippen LogP contribution is -2.30. The molecule has 0 aliphatic carbocycles. The highest BCUT2D eigenvalue weighted by Gasteiger charge is 2.31. The molecule has 2 heterocycles. The highest BCUT2D eigenvalue weighted by molar-refractivity contribution is 9.11. The molecule has 16 heavy (non-hydrogen) atoms. The molecule has 84 valence electrons. The van der Waals surface area contributed by atoms with Crippen molar-refractivity contribution in [1.29, 1.82) is 0 Å². The summed E-state index contributed by atoms with van der Waals surface area (Å²) in [5.74, 6) is -0.267. The van der Waals surface area contributed by atoms with Crippen LogP contribution in [0.25, 0.3) is 6.08 Å².